The quantitative estimate of drug-likeness (QED) is 0.820. The molecule has 0 aliphatic carbocycles. The molecule has 0 aromatic heterocycles. The van der Waals surface area contributed by atoms with Gasteiger partial charge in [-0.15, -0.1) is 0 Å². The minimum Gasteiger partial charge on any atom is -0.496 e. The number of ketones is 1. The second-order valence-electron chi connectivity index (χ2n) is 4.62. The second-order valence-corrected chi connectivity index (χ2v) is 4.62. The van der Waals surface area contributed by atoms with E-state index in [1.807, 2.05) is 12.1 Å². The van der Waals surface area contributed by atoms with Crippen molar-refractivity contribution in [1.29, 1.82) is 0 Å². The number of Topliss-reactive ketones (excluding diaryl/α,β-unsaturated/α-hetero) is 1. The van der Waals surface area contributed by atoms with Crippen LogP contribution in [-0.4, -0.2) is 40.1 Å². The van der Waals surface area contributed by atoms with Gasteiger partial charge in [0.05, 0.1) is 19.2 Å². The van der Waals surface area contributed by atoms with Crippen molar-refractivity contribution in [2.45, 2.75) is 12.8 Å². The Morgan fingerprint density at radius 2 is 2.28 bits per heavy atom. The first-order valence-electron chi connectivity index (χ1n) is 6.27. The van der Waals surface area contributed by atoms with E-state index in [0.717, 1.165) is 30.7 Å². The SMILES string of the molecule is CNCC(=O)c1ccc2c(c1OC)CCCN2C. The van der Waals surface area contributed by atoms with Gasteiger partial charge in [0.25, 0.3) is 0 Å². The predicted molar refractivity (Wildman–Crippen MR) is 72.8 cm³/mol. The maximum absolute atomic E-state index is 12.0. The van der Waals surface area contributed by atoms with Crippen molar-refractivity contribution < 1.29 is 9.53 Å². The molecule has 0 unspecified atom stereocenters. The number of carbonyl (C=O) groups excluding carboxylic acids is 1. The molecule has 0 fully saturated rings. The largest absolute Gasteiger partial charge is 0.496 e. The van der Waals surface area contributed by atoms with Crippen molar-refractivity contribution in [3.8, 4) is 5.75 Å². The van der Waals surface area contributed by atoms with Crippen LogP contribution in [0.2, 0.25) is 0 Å². The molecule has 0 saturated heterocycles. The second kappa shape index (κ2) is 5.40. The third kappa shape index (κ3) is 2.20. The van der Waals surface area contributed by atoms with Gasteiger partial charge in [-0.05, 0) is 32.0 Å². The monoisotopic (exact) mass is 248 g/mol. The zero-order valence-corrected chi connectivity index (χ0v) is 11.2. The van der Waals surface area contributed by atoms with Gasteiger partial charge in [-0.1, -0.05) is 0 Å². The van der Waals surface area contributed by atoms with Crippen LogP contribution in [0, 0.1) is 0 Å². The number of hydrogen-bond acceptors (Lipinski definition) is 4. The smallest absolute Gasteiger partial charge is 0.180 e. The van der Waals surface area contributed by atoms with E-state index < -0.39 is 0 Å². The predicted octanol–water partition coefficient (Wildman–Crippen LogP) is 1.48. The molecule has 0 atom stereocenters. The van der Waals surface area contributed by atoms with E-state index >= 15 is 0 Å². The zero-order valence-electron chi connectivity index (χ0n) is 11.2. The van der Waals surface area contributed by atoms with Gasteiger partial charge in [-0.25, -0.2) is 0 Å². The Labute approximate surface area is 108 Å². The Balaban J connectivity index is 2.47. The zero-order chi connectivity index (χ0) is 13.1. The highest BCUT2D eigenvalue weighted by atomic mass is 16.5. The van der Waals surface area contributed by atoms with Crippen LogP contribution in [0.5, 0.6) is 5.75 Å². The van der Waals surface area contributed by atoms with Gasteiger partial charge in [0, 0.05) is 24.8 Å². The van der Waals surface area contributed by atoms with E-state index in [-0.39, 0.29) is 5.78 Å². The van der Waals surface area contributed by atoms with E-state index in [4.69, 9.17) is 4.74 Å². The van der Waals surface area contributed by atoms with E-state index in [2.05, 4.69) is 17.3 Å². The molecule has 18 heavy (non-hydrogen) atoms. The van der Waals surface area contributed by atoms with Crippen molar-refractivity contribution in [1.82, 2.24) is 5.32 Å². The fraction of sp³-hybridized carbons (Fsp3) is 0.500. The fourth-order valence-corrected chi connectivity index (χ4v) is 2.54. The van der Waals surface area contributed by atoms with Crippen molar-refractivity contribution in [3.63, 3.8) is 0 Å². The number of hydrogen-bond donors (Lipinski definition) is 1. The first kappa shape index (κ1) is 12.9. The summed E-state index contributed by atoms with van der Waals surface area (Å²) < 4.78 is 5.48. The molecule has 98 valence electrons. The van der Waals surface area contributed by atoms with E-state index in [1.165, 1.54) is 5.69 Å². The van der Waals surface area contributed by atoms with Crippen LogP contribution in [0.25, 0.3) is 0 Å². The lowest BCUT2D eigenvalue weighted by Gasteiger charge is -2.29. The molecule has 1 heterocycles. The molecule has 0 spiro atoms. The third-order valence-electron chi connectivity index (χ3n) is 3.41. The topological polar surface area (TPSA) is 41.6 Å². The molecule has 1 aromatic rings. The Kier molecular flexibility index (Phi) is 3.87. The summed E-state index contributed by atoms with van der Waals surface area (Å²) in [5.41, 5.74) is 3.02. The van der Waals surface area contributed by atoms with Gasteiger partial charge < -0.3 is 15.0 Å². The molecule has 4 nitrogen and oxygen atoms in total. The number of anilines is 1. The molecule has 0 amide bonds. The highest BCUT2D eigenvalue weighted by Gasteiger charge is 2.22. The lowest BCUT2D eigenvalue weighted by atomic mass is 9.96. The number of benzene rings is 1. The molecule has 4 heteroatoms. The normalized spacial score (nSPS) is 14.3. The molecule has 1 N–H and O–H groups in total. The third-order valence-corrected chi connectivity index (χ3v) is 3.41. The number of fused-ring (bicyclic) bond motifs is 1. The van der Waals surface area contributed by atoms with Gasteiger partial charge in [-0.2, -0.15) is 0 Å². The average molecular weight is 248 g/mol. The van der Waals surface area contributed by atoms with E-state index in [9.17, 15) is 4.79 Å². The molecular formula is C14H20N2O2. The molecule has 2 rings (SSSR count). The minimum atomic E-state index is 0.0744. The van der Waals surface area contributed by atoms with Crippen LogP contribution in [0.1, 0.15) is 22.3 Å². The first-order chi connectivity index (χ1) is 8.69. The molecule has 1 aliphatic heterocycles. The first-order valence-corrected chi connectivity index (χ1v) is 6.27. The number of likely N-dealkylation sites (N-methyl/N-ethyl adjacent to an activating group) is 1. The Bertz CT molecular complexity index is 457. The van der Waals surface area contributed by atoms with Crippen LogP contribution < -0.4 is 15.0 Å². The van der Waals surface area contributed by atoms with Crippen LogP contribution >= 0.6 is 0 Å². The summed E-state index contributed by atoms with van der Waals surface area (Å²) in [4.78, 5) is 14.3. The number of ether oxygens (including phenoxy) is 1. The fourth-order valence-electron chi connectivity index (χ4n) is 2.54. The summed E-state index contributed by atoms with van der Waals surface area (Å²) >= 11 is 0. The average Bonchev–Trinajstić information content (AvgIpc) is 2.38. The maximum Gasteiger partial charge on any atom is 0.180 e. The van der Waals surface area contributed by atoms with Crippen molar-refractivity contribution in [3.05, 3.63) is 23.3 Å². The van der Waals surface area contributed by atoms with Crippen molar-refractivity contribution in [2.75, 3.05) is 39.2 Å². The standard InChI is InChI=1S/C14H20N2O2/c1-15-9-13(17)11-6-7-12-10(14(11)18-3)5-4-8-16(12)2/h6-7,15H,4-5,8-9H2,1-3H3. The van der Waals surface area contributed by atoms with Gasteiger partial charge in [0.1, 0.15) is 5.75 Å². The molecule has 0 saturated carbocycles. The highest BCUT2D eigenvalue weighted by molar-refractivity contribution is 6.01. The number of methoxy groups -OCH3 is 1. The number of nitrogens with one attached hydrogen (secondary N) is 1. The summed E-state index contributed by atoms with van der Waals surface area (Å²) in [5, 5.41) is 2.89. The lowest BCUT2D eigenvalue weighted by Crippen LogP contribution is -2.26. The number of nitrogens with zero attached hydrogens (tertiary/aromatic N) is 1. The summed E-state index contributed by atoms with van der Waals surface area (Å²) in [7, 11) is 5.49. The molecule has 1 aromatic carbocycles. The van der Waals surface area contributed by atoms with Gasteiger partial charge in [-0.3, -0.25) is 4.79 Å². The van der Waals surface area contributed by atoms with Crippen LogP contribution in [0.4, 0.5) is 5.69 Å². The maximum atomic E-state index is 12.0. The van der Waals surface area contributed by atoms with Crippen LogP contribution in [0.15, 0.2) is 12.1 Å². The molecule has 1 aliphatic rings. The van der Waals surface area contributed by atoms with E-state index in [1.54, 1.807) is 14.2 Å². The highest BCUT2D eigenvalue weighted by Crippen LogP contribution is 2.36. The summed E-state index contributed by atoms with van der Waals surface area (Å²) in [6, 6.07) is 3.90. The number of rotatable bonds is 4. The van der Waals surface area contributed by atoms with Crippen molar-refractivity contribution in [2.24, 2.45) is 0 Å². The molecule has 0 radical (unpaired) electrons. The van der Waals surface area contributed by atoms with Crippen LogP contribution in [0.3, 0.4) is 0 Å². The lowest BCUT2D eigenvalue weighted by molar-refractivity contribution is 0.0990. The Hall–Kier alpha value is -1.55. The summed E-state index contributed by atoms with van der Waals surface area (Å²) in [6.07, 6.45) is 2.08. The molecular weight excluding hydrogens is 228 g/mol. The summed E-state index contributed by atoms with van der Waals surface area (Å²) in [5.74, 6) is 0.824. The van der Waals surface area contributed by atoms with Crippen LogP contribution in [-0.2, 0) is 6.42 Å². The Morgan fingerprint density at radius 3 is 2.94 bits per heavy atom. The Morgan fingerprint density at radius 1 is 1.50 bits per heavy atom. The van der Waals surface area contributed by atoms with E-state index in [0.29, 0.717) is 12.1 Å². The number of carbonyl (C=O) groups is 1. The summed E-state index contributed by atoms with van der Waals surface area (Å²) in [6.45, 7) is 1.39. The minimum absolute atomic E-state index is 0.0744. The van der Waals surface area contributed by atoms with Crippen molar-refractivity contribution >= 4 is 11.5 Å². The van der Waals surface area contributed by atoms with Gasteiger partial charge in [0.2, 0.25) is 0 Å². The molecule has 0 bridgehead atoms. The van der Waals surface area contributed by atoms with Gasteiger partial charge >= 0.3 is 0 Å². The van der Waals surface area contributed by atoms with Gasteiger partial charge in [0.15, 0.2) is 5.78 Å².